The molecule has 1 rings (SSSR count). The summed E-state index contributed by atoms with van der Waals surface area (Å²) < 4.78 is 0. The van der Waals surface area contributed by atoms with E-state index >= 15 is 0 Å². The maximum Gasteiger partial charge on any atom is 0.0423 e. The van der Waals surface area contributed by atoms with Crippen molar-refractivity contribution in [1.82, 2.24) is 5.32 Å². The molecule has 0 unspecified atom stereocenters. The Morgan fingerprint density at radius 1 is 1.07 bits per heavy atom. The average Bonchev–Trinajstić information content (AvgIpc) is 1.99. The molecule has 0 atom stereocenters. The Morgan fingerprint density at radius 2 is 1.60 bits per heavy atom. The van der Waals surface area contributed by atoms with Crippen LogP contribution in [0.2, 0.25) is 10.0 Å². The third kappa shape index (κ3) is 5.41. The van der Waals surface area contributed by atoms with Crippen LogP contribution in [-0.2, 0) is 6.42 Å². The molecule has 1 N–H and O–H groups in total. The number of nitrogens with one attached hydrogen (secondary N) is 1. The van der Waals surface area contributed by atoms with Crippen LogP contribution in [0.15, 0.2) is 18.2 Å². The van der Waals surface area contributed by atoms with E-state index in [1.165, 1.54) is 5.56 Å². The molecule has 0 saturated heterocycles. The summed E-state index contributed by atoms with van der Waals surface area (Å²) in [6.45, 7) is 7.38. The molecule has 0 heterocycles. The SMILES string of the molecule is CC(C)(C)NCCc1cc(Cl)cc(Cl)c1. The van der Waals surface area contributed by atoms with Crippen LogP contribution in [0, 0.1) is 0 Å². The van der Waals surface area contributed by atoms with Crippen molar-refractivity contribution in [2.75, 3.05) is 6.54 Å². The lowest BCUT2D eigenvalue weighted by atomic mass is 10.1. The van der Waals surface area contributed by atoms with E-state index in [4.69, 9.17) is 23.2 Å². The molecule has 0 aliphatic rings. The standard InChI is InChI=1S/C12H17Cl2N/c1-12(2,3)15-5-4-9-6-10(13)8-11(14)7-9/h6-8,15H,4-5H2,1-3H3. The lowest BCUT2D eigenvalue weighted by molar-refractivity contribution is 0.429. The molecule has 0 fully saturated rings. The van der Waals surface area contributed by atoms with Crippen LogP contribution in [0.3, 0.4) is 0 Å². The number of benzene rings is 1. The van der Waals surface area contributed by atoms with Gasteiger partial charge in [0.25, 0.3) is 0 Å². The number of hydrogen-bond acceptors (Lipinski definition) is 1. The molecule has 0 saturated carbocycles. The molecule has 0 aliphatic heterocycles. The largest absolute Gasteiger partial charge is 0.312 e. The number of rotatable bonds is 3. The molecule has 1 aromatic rings. The first-order chi connectivity index (χ1) is 6.87. The topological polar surface area (TPSA) is 12.0 Å². The van der Waals surface area contributed by atoms with E-state index < -0.39 is 0 Å². The fraction of sp³-hybridized carbons (Fsp3) is 0.500. The van der Waals surface area contributed by atoms with Crippen LogP contribution in [0.5, 0.6) is 0 Å². The highest BCUT2D eigenvalue weighted by molar-refractivity contribution is 6.34. The van der Waals surface area contributed by atoms with Crippen molar-refractivity contribution in [2.24, 2.45) is 0 Å². The molecule has 15 heavy (non-hydrogen) atoms. The van der Waals surface area contributed by atoms with Gasteiger partial charge in [0.2, 0.25) is 0 Å². The Balaban J connectivity index is 2.51. The summed E-state index contributed by atoms with van der Waals surface area (Å²) in [6, 6.07) is 5.67. The summed E-state index contributed by atoms with van der Waals surface area (Å²) >= 11 is 11.8. The minimum absolute atomic E-state index is 0.155. The zero-order chi connectivity index (χ0) is 11.5. The van der Waals surface area contributed by atoms with Crippen molar-refractivity contribution in [3.05, 3.63) is 33.8 Å². The molecule has 3 heteroatoms. The summed E-state index contributed by atoms with van der Waals surface area (Å²) in [5, 5.41) is 4.83. The molecule has 84 valence electrons. The first kappa shape index (κ1) is 12.8. The van der Waals surface area contributed by atoms with Crippen molar-refractivity contribution in [3.63, 3.8) is 0 Å². The molecule has 1 nitrogen and oxygen atoms in total. The average molecular weight is 246 g/mol. The van der Waals surface area contributed by atoms with E-state index in [1.807, 2.05) is 12.1 Å². The van der Waals surface area contributed by atoms with E-state index in [1.54, 1.807) is 6.07 Å². The first-order valence-corrected chi connectivity index (χ1v) is 5.82. The Hall–Kier alpha value is -0.240. The van der Waals surface area contributed by atoms with E-state index in [9.17, 15) is 0 Å². The monoisotopic (exact) mass is 245 g/mol. The molecule has 1 aromatic carbocycles. The summed E-state index contributed by atoms with van der Waals surface area (Å²) in [5.41, 5.74) is 1.33. The van der Waals surface area contributed by atoms with Gasteiger partial charge in [-0.1, -0.05) is 23.2 Å². The van der Waals surface area contributed by atoms with Gasteiger partial charge < -0.3 is 5.32 Å². The third-order valence-electron chi connectivity index (χ3n) is 1.99. The van der Waals surface area contributed by atoms with Crippen LogP contribution in [0.25, 0.3) is 0 Å². The normalized spacial score (nSPS) is 11.8. The summed E-state index contributed by atoms with van der Waals surface area (Å²) in [5.74, 6) is 0. The summed E-state index contributed by atoms with van der Waals surface area (Å²) in [4.78, 5) is 0. The fourth-order valence-electron chi connectivity index (χ4n) is 1.34. The molecule has 0 radical (unpaired) electrons. The van der Waals surface area contributed by atoms with E-state index in [0.29, 0.717) is 10.0 Å². The lowest BCUT2D eigenvalue weighted by Crippen LogP contribution is -2.37. The smallest absolute Gasteiger partial charge is 0.0423 e. The maximum absolute atomic E-state index is 5.91. The van der Waals surface area contributed by atoms with Crippen molar-refractivity contribution >= 4 is 23.2 Å². The zero-order valence-electron chi connectivity index (χ0n) is 9.40. The lowest BCUT2D eigenvalue weighted by Gasteiger charge is -2.20. The highest BCUT2D eigenvalue weighted by Crippen LogP contribution is 2.19. The van der Waals surface area contributed by atoms with Gasteiger partial charge in [-0.3, -0.25) is 0 Å². The predicted octanol–water partition coefficient (Wildman–Crippen LogP) is 3.92. The zero-order valence-corrected chi connectivity index (χ0v) is 10.9. The predicted molar refractivity (Wildman–Crippen MR) is 67.9 cm³/mol. The Kier molecular flexibility index (Phi) is 4.45. The highest BCUT2D eigenvalue weighted by atomic mass is 35.5. The van der Waals surface area contributed by atoms with Gasteiger partial charge in [0.15, 0.2) is 0 Å². The quantitative estimate of drug-likeness (QED) is 0.852. The number of hydrogen-bond donors (Lipinski definition) is 1. The van der Waals surface area contributed by atoms with Gasteiger partial charge in [-0.15, -0.1) is 0 Å². The van der Waals surface area contributed by atoms with E-state index in [-0.39, 0.29) is 5.54 Å². The molecular weight excluding hydrogens is 229 g/mol. The molecule has 0 amide bonds. The van der Waals surface area contributed by atoms with Crippen LogP contribution < -0.4 is 5.32 Å². The van der Waals surface area contributed by atoms with Crippen LogP contribution in [0.4, 0.5) is 0 Å². The number of halogens is 2. The minimum Gasteiger partial charge on any atom is -0.312 e. The van der Waals surface area contributed by atoms with Crippen LogP contribution in [0.1, 0.15) is 26.3 Å². The van der Waals surface area contributed by atoms with Gasteiger partial charge in [0, 0.05) is 15.6 Å². The highest BCUT2D eigenvalue weighted by Gasteiger charge is 2.07. The van der Waals surface area contributed by atoms with Crippen molar-refractivity contribution < 1.29 is 0 Å². The Labute approximate surface area is 102 Å². The molecule has 0 aliphatic carbocycles. The summed E-state index contributed by atoms with van der Waals surface area (Å²) in [7, 11) is 0. The molecule has 0 bridgehead atoms. The van der Waals surface area contributed by atoms with Crippen molar-refractivity contribution in [2.45, 2.75) is 32.7 Å². The van der Waals surface area contributed by atoms with Gasteiger partial charge in [-0.2, -0.15) is 0 Å². The fourth-order valence-corrected chi connectivity index (χ4v) is 1.91. The minimum atomic E-state index is 0.155. The first-order valence-electron chi connectivity index (χ1n) is 5.07. The second-order valence-electron chi connectivity index (χ2n) is 4.70. The third-order valence-corrected chi connectivity index (χ3v) is 2.43. The van der Waals surface area contributed by atoms with E-state index in [2.05, 4.69) is 26.1 Å². The van der Waals surface area contributed by atoms with Crippen LogP contribution >= 0.6 is 23.2 Å². The van der Waals surface area contributed by atoms with Gasteiger partial charge in [0.05, 0.1) is 0 Å². The van der Waals surface area contributed by atoms with Gasteiger partial charge in [0.1, 0.15) is 0 Å². The Morgan fingerprint density at radius 3 is 2.07 bits per heavy atom. The Bertz CT molecular complexity index is 309. The summed E-state index contributed by atoms with van der Waals surface area (Å²) in [6.07, 6.45) is 0.942. The van der Waals surface area contributed by atoms with Gasteiger partial charge in [-0.25, -0.2) is 0 Å². The van der Waals surface area contributed by atoms with Crippen molar-refractivity contribution in [3.8, 4) is 0 Å². The van der Waals surface area contributed by atoms with Crippen molar-refractivity contribution in [1.29, 1.82) is 0 Å². The van der Waals surface area contributed by atoms with Crippen LogP contribution in [-0.4, -0.2) is 12.1 Å². The second-order valence-corrected chi connectivity index (χ2v) is 5.58. The van der Waals surface area contributed by atoms with Gasteiger partial charge >= 0.3 is 0 Å². The van der Waals surface area contributed by atoms with Gasteiger partial charge in [-0.05, 0) is 57.5 Å². The van der Waals surface area contributed by atoms with E-state index in [0.717, 1.165) is 13.0 Å². The maximum atomic E-state index is 5.91. The molecular formula is C12H17Cl2N. The molecule has 0 aromatic heterocycles. The molecule has 0 spiro atoms. The second kappa shape index (κ2) is 5.20.